The number of amidine groups is 1. The summed E-state index contributed by atoms with van der Waals surface area (Å²) in [5.41, 5.74) is 5.90. The minimum Gasteiger partial charge on any atom is -0.494 e. The van der Waals surface area contributed by atoms with Crippen LogP contribution in [0, 0.1) is 0 Å². The highest BCUT2D eigenvalue weighted by molar-refractivity contribution is 7.20. The van der Waals surface area contributed by atoms with Crippen molar-refractivity contribution in [2.75, 3.05) is 6.61 Å². The number of nitrogens with one attached hydrogen (secondary N) is 1. The summed E-state index contributed by atoms with van der Waals surface area (Å²) in [7, 11) is 0. The number of aromatic nitrogens is 1. The monoisotopic (exact) mass is 426 g/mol. The number of para-hydroxylation sites is 1. The number of aliphatic imine (C=N–C) groups is 1. The molecule has 0 aliphatic rings. The number of rotatable bonds is 7. The van der Waals surface area contributed by atoms with E-state index in [0.29, 0.717) is 12.4 Å². The summed E-state index contributed by atoms with van der Waals surface area (Å²) in [5.74, 6) is 1.41. The molecular formula is C25H22N4OS. The van der Waals surface area contributed by atoms with E-state index >= 15 is 0 Å². The van der Waals surface area contributed by atoms with E-state index in [-0.39, 0.29) is 0 Å². The molecule has 0 radical (unpaired) electrons. The molecule has 31 heavy (non-hydrogen) atoms. The van der Waals surface area contributed by atoms with Crippen LogP contribution < -0.4 is 10.2 Å². The molecule has 0 spiro atoms. The number of allylic oxidation sites excluding steroid dienone is 1. The Labute approximate surface area is 185 Å². The number of hydrogen-bond acceptors (Lipinski definition) is 5. The third-order valence-corrected chi connectivity index (χ3v) is 5.35. The van der Waals surface area contributed by atoms with Crippen molar-refractivity contribution in [3.05, 3.63) is 95.5 Å². The van der Waals surface area contributed by atoms with E-state index < -0.39 is 0 Å². The van der Waals surface area contributed by atoms with Gasteiger partial charge >= 0.3 is 0 Å². The zero-order valence-electron chi connectivity index (χ0n) is 17.1. The molecule has 5 nitrogen and oxygen atoms in total. The van der Waals surface area contributed by atoms with Crippen molar-refractivity contribution in [3.63, 3.8) is 0 Å². The van der Waals surface area contributed by atoms with E-state index in [4.69, 9.17) is 14.7 Å². The van der Waals surface area contributed by atoms with Gasteiger partial charge in [-0.15, -0.1) is 11.3 Å². The Morgan fingerprint density at radius 2 is 1.77 bits per heavy atom. The number of fused-ring (bicyclic) bond motifs is 1. The van der Waals surface area contributed by atoms with Crippen LogP contribution >= 0.6 is 11.3 Å². The van der Waals surface area contributed by atoms with E-state index in [1.165, 1.54) is 0 Å². The van der Waals surface area contributed by atoms with Gasteiger partial charge in [0.2, 0.25) is 0 Å². The number of benzene rings is 3. The Kier molecular flexibility index (Phi) is 6.82. The topological polar surface area (TPSA) is 58.9 Å². The highest BCUT2D eigenvalue weighted by Gasteiger charge is 2.10. The smallest absolute Gasteiger partial charge is 0.183 e. The first-order valence-electron chi connectivity index (χ1n) is 10.00. The van der Waals surface area contributed by atoms with Crippen LogP contribution in [-0.4, -0.2) is 23.6 Å². The van der Waals surface area contributed by atoms with Gasteiger partial charge in [-0.05, 0) is 55.0 Å². The van der Waals surface area contributed by atoms with Crippen LogP contribution in [0.4, 0.5) is 5.69 Å². The number of hydrazone groups is 1. The standard InChI is InChI=1S/C25H22N4OS/c1-2-30-21-16-14-20(15-17-21)27-24(25-28-22-12-6-7-13-23(22)31-25)29-26-18-8-11-19-9-4-3-5-10-19/h3-18H,2H2,1H3,(H,27,29)/b11-8+,26-18+. The van der Waals surface area contributed by atoms with E-state index in [1.807, 2.05) is 91.9 Å². The Morgan fingerprint density at radius 3 is 2.55 bits per heavy atom. The molecule has 0 unspecified atom stereocenters. The second kappa shape index (κ2) is 10.3. The highest BCUT2D eigenvalue weighted by atomic mass is 32.1. The van der Waals surface area contributed by atoms with Crippen LogP contribution in [0.1, 0.15) is 17.5 Å². The molecule has 1 N–H and O–H groups in total. The van der Waals surface area contributed by atoms with E-state index in [2.05, 4.69) is 16.6 Å². The Balaban J connectivity index is 1.57. The van der Waals surface area contributed by atoms with Gasteiger partial charge in [0.15, 0.2) is 10.8 Å². The van der Waals surface area contributed by atoms with Gasteiger partial charge in [0, 0.05) is 6.21 Å². The number of thiazole rings is 1. The second-order valence-electron chi connectivity index (χ2n) is 6.53. The van der Waals surface area contributed by atoms with Crippen molar-refractivity contribution < 1.29 is 4.74 Å². The maximum atomic E-state index is 5.51. The van der Waals surface area contributed by atoms with Crippen molar-refractivity contribution in [1.82, 2.24) is 10.4 Å². The maximum absolute atomic E-state index is 5.51. The molecule has 154 valence electrons. The van der Waals surface area contributed by atoms with Gasteiger partial charge in [0.1, 0.15) is 5.75 Å². The van der Waals surface area contributed by atoms with Gasteiger partial charge in [-0.25, -0.2) is 9.98 Å². The van der Waals surface area contributed by atoms with Gasteiger partial charge in [0.25, 0.3) is 0 Å². The van der Waals surface area contributed by atoms with E-state index in [0.717, 1.165) is 32.2 Å². The lowest BCUT2D eigenvalue weighted by Gasteiger charge is -2.04. The first kappa shape index (κ1) is 20.5. The molecule has 0 amide bonds. The van der Waals surface area contributed by atoms with Gasteiger partial charge < -0.3 is 4.74 Å². The predicted molar refractivity (Wildman–Crippen MR) is 131 cm³/mol. The molecule has 0 saturated carbocycles. The third kappa shape index (κ3) is 5.65. The Morgan fingerprint density at radius 1 is 1.00 bits per heavy atom. The molecule has 6 heteroatoms. The fourth-order valence-electron chi connectivity index (χ4n) is 2.87. The molecule has 3 aromatic carbocycles. The molecule has 0 saturated heterocycles. The fraction of sp³-hybridized carbons (Fsp3) is 0.0800. The summed E-state index contributed by atoms with van der Waals surface area (Å²) < 4.78 is 6.62. The summed E-state index contributed by atoms with van der Waals surface area (Å²) in [6.07, 6.45) is 5.58. The third-order valence-electron chi connectivity index (χ3n) is 4.30. The number of nitrogens with zero attached hydrogens (tertiary/aromatic N) is 3. The minimum atomic E-state index is 0.592. The molecule has 1 heterocycles. The van der Waals surface area contributed by atoms with Crippen LogP contribution in [0.3, 0.4) is 0 Å². The first-order valence-corrected chi connectivity index (χ1v) is 10.8. The second-order valence-corrected chi connectivity index (χ2v) is 7.56. The predicted octanol–water partition coefficient (Wildman–Crippen LogP) is 6.06. The van der Waals surface area contributed by atoms with Crippen LogP contribution in [0.5, 0.6) is 5.75 Å². The maximum Gasteiger partial charge on any atom is 0.183 e. The van der Waals surface area contributed by atoms with Crippen LogP contribution in [0.25, 0.3) is 16.3 Å². The molecule has 0 bridgehead atoms. The summed E-state index contributed by atoms with van der Waals surface area (Å²) in [4.78, 5) is 9.45. The van der Waals surface area contributed by atoms with Crippen molar-refractivity contribution >= 4 is 45.4 Å². The lowest BCUT2D eigenvalue weighted by molar-refractivity contribution is 0.340. The summed E-state index contributed by atoms with van der Waals surface area (Å²) in [6, 6.07) is 25.8. The average molecular weight is 427 g/mol. The molecule has 0 aliphatic heterocycles. The first-order chi connectivity index (χ1) is 15.3. The Bertz CT molecular complexity index is 1180. The summed E-state index contributed by atoms with van der Waals surface area (Å²) in [5, 5.41) is 5.10. The zero-order valence-corrected chi connectivity index (χ0v) is 17.9. The van der Waals surface area contributed by atoms with Crippen molar-refractivity contribution in [2.24, 2.45) is 10.1 Å². The van der Waals surface area contributed by atoms with Gasteiger partial charge in [0.05, 0.1) is 22.5 Å². The van der Waals surface area contributed by atoms with Crippen LogP contribution in [0.2, 0.25) is 0 Å². The van der Waals surface area contributed by atoms with Crippen molar-refractivity contribution in [2.45, 2.75) is 6.92 Å². The van der Waals surface area contributed by atoms with E-state index in [9.17, 15) is 0 Å². The molecular weight excluding hydrogens is 404 g/mol. The lowest BCUT2D eigenvalue weighted by Crippen LogP contribution is -2.18. The van der Waals surface area contributed by atoms with Crippen molar-refractivity contribution in [1.29, 1.82) is 0 Å². The molecule has 0 fully saturated rings. The van der Waals surface area contributed by atoms with Gasteiger partial charge in [-0.1, -0.05) is 48.5 Å². The summed E-state index contributed by atoms with van der Waals surface area (Å²) in [6.45, 7) is 2.60. The van der Waals surface area contributed by atoms with Gasteiger partial charge in [-0.3, -0.25) is 5.43 Å². The zero-order chi connectivity index (χ0) is 21.3. The summed E-state index contributed by atoms with van der Waals surface area (Å²) >= 11 is 1.58. The fourth-order valence-corrected chi connectivity index (χ4v) is 3.77. The lowest BCUT2D eigenvalue weighted by atomic mass is 10.2. The number of ether oxygens (including phenoxy) is 1. The molecule has 0 atom stereocenters. The number of hydrogen-bond donors (Lipinski definition) is 1. The highest BCUT2D eigenvalue weighted by Crippen LogP contribution is 2.24. The van der Waals surface area contributed by atoms with Crippen molar-refractivity contribution in [3.8, 4) is 5.75 Å². The minimum absolute atomic E-state index is 0.592. The Hall–Kier alpha value is -3.77. The van der Waals surface area contributed by atoms with Gasteiger partial charge in [-0.2, -0.15) is 5.10 Å². The SMILES string of the molecule is CCOc1ccc(N=C(N/N=C/C=C/c2ccccc2)c2nc3ccccc3s2)cc1. The quantitative estimate of drug-likeness (QED) is 0.222. The molecule has 0 aliphatic carbocycles. The average Bonchev–Trinajstić information content (AvgIpc) is 3.24. The normalized spacial score (nSPS) is 12.1. The molecule has 4 aromatic rings. The van der Waals surface area contributed by atoms with Crippen LogP contribution in [0.15, 0.2) is 95.0 Å². The molecule has 4 rings (SSSR count). The molecule has 1 aromatic heterocycles. The van der Waals surface area contributed by atoms with Crippen LogP contribution in [-0.2, 0) is 0 Å². The van der Waals surface area contributed by atoms with E-state index in [1.54, 1.807) is 17.6 Å². The largest absolute Gasteiger partial charge is 0.494 e.